The van der Waals surface area contributed by atoms with Gasteiger partial charge in [0.15, 0.2) is 5.82 Å². The summed E-state index contributed by atoms with van der Waals surface area (Å²) in [5, 5.41) is 0.615. The van der Waals surface area contributed by atoms with Gasteiger partial charge in [0.1, 0.15) is 10.8 Å². The molecule has 2 saturated carbocycles. The summed E-state index contributed by atoms with van der Waals surface area (Å²) < 4.78 is 27.9. The van der Waals surface area contributed by atoms with E-state index in [2.05, 4.69) is 6.92 Å². The second kappa shape index (κ2) is 6.29. The lowest BCUT2D eigenvalue weighted by atomic mass is 9.64. The number of fused-ring (bicyclic) bond motifs is 2. The maximum atomic E-state index is 14.1. The Morgan fingerprint density at radius 1 is 0.958 bits per heavy atom. The van der Waals surface area contributed by atoms with E-state index < -0.39 is 16.7 Å². The van der Waals surface area contributed by atoms with Crippen molar-refractivity contribution in [1.29, 1.82) is 0 Å². The van der Waals surface area contributed by atoms with Gasteiger partial charge in [-0.1, -0.05) is 43.1 Å². The molecule has 2 aromatic carbocycles. The first-order valence-corrected chi connectivity index (χ1v) is 9.48. The number of benzene rings is 2. The average Bonchev–Trinajstić information content (AvgIpc) is 2.59. The summed E-state index contributed by atoms with van der Waals surface area (Å²) in [5.41, 5.74) is 1.22. The largest absolute Gasteiger partial charge is 0.205 e. The monoisotopic (exact) mass is 348 g/mol. The molecule has 2 fully saturated rings. The van der Waals surface area contributed by atoms with Crippen LogP contribution >= 0.6 is 11.6 Å². The van der Waals surface area contributed by atoms with Gasteiger partial charge in [0.25, 0.3) is 0 Å². The van der Waals surface area contributed by atoms with Gasteiger partial charge in [-0.05, 0) is 72.8 Å². The fourth-order valence-electron chi connectivity index (χ4n) is 5.00. The first kappa shape index (κ1) is 16.3. The van der Waals surface area contributed by atoms with Crippen molar-refractivity contribution in [3.8, 4) is 0 Å². The van der Waals surface area contributed by atoms with Crippen molar-refractivity contribution in [2.24, 2.45) is 17.8 Å². The van der Waals surface area contributed by atoms with Gasteiger partial charge < -0.3 is 0 Å². The highest BCUT2D eigenvalue weighted by atomic mass is 35.5. The minimum atomic E-state index is -0.677. The molecule has 2 unspecified atom stereocenters. The molecular weight excluding hydrogens is 326 g/mol. The number of halogens is 3. The Morgan fingerprint density at radius 3 is 2.54 bits per heavy atom. The second-order valence-electron chi connectivity index (χ2n) is 7.92. The average molecular weight is 349 g/mol. The summed E-state index contributed by atoms with van der Waals surface area (Å²) in [7, 11) is 0. The lowest BCUT2D eigenvalue weighted by molar-refractivity contribution is 0.124. The van der Waals surface area contributed by atoms with Gasteiger partial charge >= 0.3 is 0 Å². The molecule has 0 aliphatic heterocycles. The van der Waals surface area contributed by atoms with Gasteiger partial charge in [0, 0.05) is 5.39 Å². The standard InChI is InChI=1S/C21H23ClF2/c1-12-2-3-14-9-15(5-4-13(14)8-12)16-6-7-18-17(10-16)11-19(23)20(22)21(18)24/h6-7,10-15H,2-5,8-9H2,1H3/t12-,13?,14-,15?/m1/s1. The van der Waals surface area contributed by atoms with Crippen LogP contribution in [0.1, 0.15) is 56.9 Å². The molecule has 128 valence electrons. The molecule has 3 heteroatoms. The van der Waals surface area contributed by atoms with Gasteiger partial charge in [-0.2, -0.15) is 0 Å². The second-order valence-corrected chi connectivity index (χ2v) is 8.29. The van der Waals surface area contributed by atoms with E-state index in [0.29, 0.717) is 16.7 Å². The summed E-state index contributed by atoms with van der Waals surface area (Å²) >= 11 is 5.68. The Hall–Kier alpha value is -1.15. The van der Waals surface area contributed by atoms with Crippen molar-refractivity contribution in [3.05, 3.63) is 46.5 Å². The molecule has 0 N–H and O–H groups in total. The summed E-state index contributed by atoms with van der Waals surface area (Å²) in [6.45, 7) is 2.37. The van der Waals surface area contributed by atoms with Crippen LogP contribution in [0, 0.1) is 29.4 Å². The molecule has 0 spiro atoms. The molecule has 0 saturated heterocycles. The highest BCUT2D eigenvalue weighted by molar-refractivity contribution is 6.31. The van der Waals surface area contributed by atoms with Gasteiger partial charge in [-0.25, -0.2) is 8.78 Å². The molecule has 2 aromatic rings. The van der Waals surface area contributed by atoms with E-state index in [9.17, 15) is 8.78 Å². The molecule has 0 radical (unpaired) electrons. The molecule has 0 heterocycles. The fraction of sp³-hybridized carbons (Fsp3) is 0.524. The van der Waals surface area contributed by atoms with Crippen molar-refractivity contribution in [3.63, 3.8) is 0 Å². The van der Waals surface area contributed by atoms with Crippen LogP contribution in [0.4, 0.5) is 8.78 Å². The molecule has 24 heavy (non-hydrogen) atoms. The van der Waals surface area contributed by atoms with E-state index in [-0.39, 0.29) is 0 Å². The third kappa shape index (κ3) is 2.83. The van der Waals surface area contributed by atoms with Crippen LogP contribution < -0.4 is 0 Å². The van der Waals surface area contributed by atoms with Crippen LogP contribution in [0.3, 0.4) is 0 Å². The highest BCUT2D eigenvalue weighted by Gasteiger charge is 2.34. The van der Waals surface area contributed by atoms with Crippen molar-refractivity contribution >= 4 is 22.4 Å². The Labute approximate surface area is 147 Å². The first-order valence-electron chi connectivity index (χ1n) is 9.10. The van der Waals surface area contributed by atoms with Crippen LogP contribution in [0.5, 0.6) is 0 Å². The Bertz CT molecular complexity index is 770. The van der Waals surface area contributed by atoms with Gasteiger partial charge in [0.2, 0.25) is 0 Å². The van der Waals surface area contributed by atoms with E-state index in [0.717, 1.165) is 17.8 Å². The topological polar surface area (TPSA) is 0 Å². The molecule has 0 amide bonds. The maximum Gasteiger partial charge on any atom is 0.152 e. The van der Waals surface area contributed by atoms with E-state index >= 15 is 0 Å². The molecule has 4 rings (SSSR count). The first-order chi connectivity index (χ1) is 11.5. The number of hydrogen-bond donors (Lipinski definition) is 0. The summed E-state index contributed by atoms with van der Waals surface area (Å²) in [6, 6.07) is 7.10. The summed E-state index contributed by atoms with van der Waals surface area (Å²) in [6.07, 6.45) is 7.78. The molecule has 0 bridgehead atoms. The zero-order chi connectivity index (χ0) is 16.8. The lowest BCUT2D eigenvalue weighted by Crippen LogP contribution is -2.29. The molecule has 2 aliphatic rings. The van der Waals surface area contributed by atoms with Crippen molar-refractivity contribution in [2.45, 2.75) is 51.4 Å². The quantitative estimate of drug-likeness (QED) is 0.482. The zero-order valence-corrected chi connectivity index (χ0v) is 14.8. The Balaban J connectivity index is 1.62. The van der Waals surface area contributed by atoms with Gasteiger partial charge in [-0.3, -0.25) is 0 Å². The van der Waals surface area contributed by atoms with Crippen molar-refractivity contribution in [1.82, 2.24) is 0 Å². The third-order valence-corrected chi connectivity index (χ3v) is 6.69. The van der Waals surface area contributed by atoms with Crippen LogP contribution in [0.15, 0.2) is 24.3 Å². The van der Waals surface area contributed by atoms with Crippen LogP contribution in [0.2, 0.25) is 5.02 Å². The van der Waals surface area contributed by atoms with Gasteiger partial charge in [-0.15, -0.1) is 0 Å². The van der Waals surface area contributed by atoms with E-state index in [1.807, 2.05) is 12.1 Å². The lowest BCUT2D eigenvalue weighted by Gasteiger charge is -2.41. The van der Waals surface area contributed by atoms with Gasteiger partial charge in [0.05, 0.1) is 0 Å². The van der Waals surface area contributed by atoms with Crippen molar-refractivity contribution in [2.75, 3.05) is 0 Å². The van der Waals surface area contributed by atoms with Crippen molar-refractivity contribution < 1.29 is 8.78 Å². The fourth-order valence-corrected chi connectivity index (χ4v) is 5.16. The van der Waals surface area contributed by atoms with Crippen LogP contribution in [0.25, 0.3) is 10.8 Å². The smallest absolute Gasteiger partial charge is 0.152 e. The third-order valence-electron chi connectivity index (χ3n) is 6.34. The van der Waals surface area contributed by atoms with E-state index in [1.54, 1.807) is 6.07 Å². The minimum Gasteiger partial charge on any atom is -0.205 e. The van der Waals surface area contributed by atoms with E-state index in [1.165, 1.54) is 50.2 Å². The Morgan fingerprint density at radius 2 is 1.71 bits per heavy atom. The zero-order valence-electron chi connectivity index (χ0n) is 14.0. The molecule has 4 atom stereocenters. The highest BCUT2D eigenvalue weighted by Crippen LogP contribution is 2.47. The molecule has 0 aromatic heterocycles. The summed E-state index contributed by atoms with van der Waals surface area (Å²) in [4.78, 5) is 0. The molecule has 0 nitrogen and oxygen atoms in total. The predicted octanol–water partition coefficient (Wildman–Crippen LogP) is 7.09. The molecule has 2 aliphatic carbocycles. The van der Waals surface area contributed by atoms with Crippen LogP contribution in [-0.4, -0.2) is 0 Å². The maximum absolute atomic E-state index is 14.1. The van der Waals surface area contributed by atoms with Crippen LogP contribution in [-0.2, 0) is 0 Å². The SMILES string of the molecule is C[C@@H]1CC[C@@H]2CC(c3ccc4c(F)c(Cl)c(F)cc4c3)CCC2C1. The normalized spacial score (nSPS) is 30.3. The summed E-state index contributed by atoms with van der Waals surface area (Å²) in [5.74, 6) is 1.78. The molecular formula is C21H23ClF2. The number of rotatable bonds is 1. The van der Waals surface area contributed by atoms with E-state index in [4.69, 9.17) is 11.6 Å². The minimum absolute atomic E-state index is 0.408. The Kier molecular flexibility index (Phi) is 4.28. The predicted molar refractivity (Wildman–Crippen MR) is 95.5 cm³/mol. The number of hydrogen-bond acceptors (Lipinski definition) is 0.